The molecule has 10 heteroatoms. The van der Waals surface area contributed by atoms with Crippen LogP contribution in [-0.2, 0) is 6.54 Å². The summed E-state index contributed by atoms with van der Waals surface area (Å²) < 4.78 is 14.4. The zero-order valence-electron chi connectivity index (χ0n) is 22.4. The van der Waals surface area contributed by atoms with Crippen molar-refractivity contribution < 1.29 is 9.47 Å². The molecule has 0 fully saturated rings. The van der Waals surface area contributed by atoms with E-state index in [1.807, 2.05) is 80.3 Å². The van der Waals surface area contributed by atoms with E-state index in [1.165, 1.54) is 0 Å². The van der Waals surface area contributed by atoms with Gasteiger partial charge in [-0.05, 0) is 55.5 Å². The molecule has 0 saturated heterocycles. The van der Waals surface area contributed by atoms with Crippen molar-refractivity contribution in [1.29, 1.82) is 5.26 Å². The number of anilines is 2. The van der Waals surface area contributed by atoms with Gasteiger partial charge >= 0.3 is 0 Å². The van der Waals surface area contributed by atoms with Crippen LogP contribution >= 0.6 is 23.1 Å². The molecule has 3 aromatic heterocycles. The first kappa shape index (κ1) is 27.2. The maximum Gasteiger partial charge on any atom is 0.227 e. The number of benzene rings is 2. The highest BCUT2D eigenvalue weighted by atomic mass is 32.2. The van der Waals surface area contributed by atoms with E-state index >= 15 is 0 Å². The Morgan fingerprint density at radius 1 is 1.10 bits per heavy atom. The SMILES string of the molecule is COc1cccc(-c2c(-c3ccnc(Nc4cccc(OCCCn5cnc(C)c5)c4)n3)sc(SC)c2C#N)c1. The topological polar surface area (TPSA) is 97.9 Å². The zero-order chi connectivity index (χ0) is 27.9. The number of imidazole rings is 1. The van der Waals surface area contributed by atoms with E-state index in [2.05, 4.69) is 25.9 Å². The maximum absolute atomic E-state index is 10.0. The van der Waals surface area contributed by atoms with E-state index in [9.17, 15) is 5.26 Å². The standard InChI is InChI=1S/C30H28N6O2S2/c1-20-18-36(19-33-20)13-6-14-38-24-10-5-8-22(16-24)34-30-32-12-11-26(35-30)28-27(25(17-31)29(39-3)40-28)21-7-4-9-23(15-21)37-2/h4-5,7-12,15-16,18-19H,6,13-14H2,1-3H3,(H,32,34,35). The number of thioether (sulfide) groups is 1. The number of aromatic nitrogens is 4. The predicted molar refractivity (Wildman–Crippen MR) is 161 cm³/mol. The van der Waals surface area contributed by atoms with Crippen LogP contribution in [0, 0.1) is 18.3 Å². The normalized spacial score (nSPS) is 10.8. The molecule has 1 N–H and O–H groups in total. The van der Waals surface area contributed by atoms with E-state index < -0.39 is 0 Å². The molecule has 0 amide bonds. The molecule has 0 saturated carbocycles. The van der Waals surface area contributed by atoms with E-state index in [0.29, 0.717) is 18.1 Å². The Labute approximate surface area is 241 Å². The predicted octanol–water partition coefficient (Wildman–Crippen LogP) is 7.19. The molecule has 40 heavy (non-hydrogen) atoms. The van der Waals surface area contributed by atoms with Crippen molar-refractivity contribution in [3.8, 4) is 39.3 Å². The van der Waals surface area contributed by atoms with Gasteiger partial charge in [-0.3, -0.25) is 0 Å². The first-order chi connectivity index (χ1) is 19.6. The summed E-state index contributed by atoms with van der Waals surface area (Å²) in [6.45, 7) is 3.43. The molecule has 0 spiro atoms. The number of aryl methyl sites for hydroxylation is 2. The van der Waals surface area contributed by atoms with Gasteiger partial charge in [-0.15, -0.1) is 23.1 Å². The van der Waals surface area contributed by atoms with E-state index in [4.69, 9.17) is 14.5 Å². The molecule has 0 radical (unpaired) electrons. The number of nitrogens with one attached hydrogen (secondary N) is 1. The summed E-state index contributed by atoms with van der Waals surface area (Å²) in [6, 6.07) is 19.8. The lowest BCUT2D eigenvalue weighted by molar-refractivity contribution is 0.302. The summed E-state index contributed by atoms with van der Waals surface area (Å²) in [6.07, 6.45) is 8.44. The van der Waals surface area contributed by atoms with Crippen LogP contribution in [0.25, 0.3) is 21.7 Å². The number of methoxy groups -OCH3 is 1. The van der Waals surface area contributed by atoms with Gasteiger partial charge in [-0.25, -0.2) is 15.0 Å². The number of thiophene rings is 1. The number of rotatable bonds is 11. The molecular weight excluding hydrogens is 541 g/mol. The fourth-order valence-electron chi connectivity index (χ4n) is 4.26. The Kier molecular flexibility index (Phi) is 8.64. The van der Waals surface area contributed by atoms with Gasteiger partial charge in [0, 0.05) is 36.3 Å². The number of nitrogens with zero attached hydrogens (tertiary/aromatic N) is 5. The third-order valence-corrected chi connectivity index (χ3v) is 8.43. The molecule has 0 bridgehead atoms. The van der Waals surface area contributed by atoms with Crippen LogP contribution in [0.3, 0.4) is 0 Å². The molecule has 0 atom stereocenters. The van der Waals surface area contributed by atoms with E-state index in [-0.39, 0.29) is 0 Å². The Morgan fingerprint density at radius 3 is 2.73 bits per heavy atom. The van der Waals surface area contributed by atoms with Crippen LogP contribution in [-0.4, -0.2) is 39.5 Å². The lowest BCUT2D eigenvalue weighted by Crippen LogP contribution is -2.03. The molecule has 0 aliphatic rings. The maximum atomic E-state index is 10.0. The van der Waals surface area contributed by atoms with Crippen LogP contribution in [0.15, 0.2) is 77.5 Å². The second-order valence-corrected chi connectivity index (χ2v) is 11.0. The summed E-state index contributed by atoms with van der Waals surface area (Å²) in [5.74, 6) is 1.96. The Morgan fingerprint density at radius 2 is 1.95 bits per heavy atom. The molecular formula is C30H28N6O2S2. The van der Waals surface area contributed by atoms with Crippen molar-refractivity contribution in [2.45, 2.75) is 24.1 Å². The van der Waals surface area contributed by atoms with Gasteiger partial charge in [0.25, 0.3) is 0 Å². The first-order valence-corrected chi connectivity index (χ1v) is 14.7. The van der Waals surface area contributed by atoms with Crippen molar-refractivity contribution in [3.63, 3.8) is 0 Å². The summed E-state index contributed by atoms with van der Waals surface area (Å²) in [7, 11) is 1.64. The molecule has 202 valence electrons. The Hall–Kier alpha value is -4.33. The summed E-state index contributed by atoms with van der Waals surface area (Å²) >= 11 is 3.11. The summed E-state index contributed by atoms with van der Waals surface area (Å²) in [5, 5.41) is 13.3. The van der Waals surface area contributed by atoms with Crippen molar-refractivity contribution in [3.05, 3.63) is 84.6 Å². The molecule has 0 aliphatic heterocycles. The van der Waals surface area contributed by atoms with Gasteiger partial charge in [-0.2, -0.15) is 5.26 Å². The highest BCUT2D eigenvalue weighted by Crippen LogP contribution is 2.46. The van der Waals surface area contributed by atoms with Gasteiger partial charge in [0.15, 0.2) is 0 Å². The van der Waals surface area contributed by atoms with Gasteiger partial charge in [0.05, 0.1) is 46.1 Å². The van der Waals surface area contributed by atoms with Gasteiger partial charge < -0.3 is 19.4 Å². The lowest BCUT2D eigenvalue weighted by Gasteiger charge is -2.11. The molecule has 2 aromatic carbocycles. The van der Waals surface area contributed by atoms with Crippen LogP contribution in [0.4, 0.5) is 11.6 Å². The largest absolute Gasteiger partial charge is 0.497 e. The Bertz CT molecular complexity index is 1660. The second-order valence-electron chi connectivity index (χ2n) is 8.89. The van der Waals surface area contributed by atoms with Crippen LogP contribution in [0.5, 0.6) is 11.5 Å². The number of ether oxygens (including phenoxy) is 2. The Balaban J connectivity index is 1.35. The van der Waals surface area contributed by atoms with Crippen LogP contribution in [0.1, 0.15) is 17.7 Å². The van der Waals surface area contributed by atoms with E-state index in [0.717, 1.165) is 61.8 Å². The molecule has 5 rings (SSSR count). The van der Waals surface area contributed by atoms with Crippen molar-refractivity contribution >= 4 is 34.7 Å². The minimum Gasteiger partial charge on any atom is -0.497 e. The van der Waals surface area contributed by atoms with E-state index in [1.54, 1.807) is 36.4 Å². The first-order valence-electron chi connectivity index (χ1n) is 12.6. The number of nitriles is 1. The molecule has 0 unspecified atom stereocenters. The molecule has 8 nitrogen and oxygen atoms in total. The minimum absolute atomic E-state index is 0.458. The van der Waals surface area contributed by atoms with Crippen LogP contribution < -0.4 is 14.8 Å². The highest BCUT2D eigenvalue weighted by Gasteiger charge is 2.22. The van der Waals surface area contributed by atoms with Gasteiger partial charge in [0.2, 0.25) is 5.95 Å². The number of hydrogen-bond acceptors (Lipinski definition) is 9. The average molecular weight is 569 g/mol. The van der Waals surface area contributed by atoms with Gasteiger partial charge in [0.1, 0.15) is 17.6 Å². The molecule has 5 aromatic rings. The fraction of sp³-hybridized carbons (Fsp3) is 0.200. The third-order valence-electron chi connectivity index (χ3n) is 6.10. The quantitative estimate of drug-likeness (QED) is 0.132. The minimum atomic E-state index is 0.458. The zero-order valence-corrected chi connectivity index (χ0v) is 24.1. The smallest absolute Gasteiger partial charge is 0.227 e. The summed E-state index contributed by atoms with van der Waals surface area (Å²) in [5.41, 5.74) is 4.96. The second kappa shape index (κ2) is 12.7. The van der Waals surface area contributed by atoms with Crippen molar-refractivity contribution in [2.75, 3.05) is 25.3 Å². The monoisotopic (exact) mass is 568 g/mol. The average Bonchev–Trinajstić information content (AvgIpc) is 3.58. The summed E-state index contributed by atoms with van der Waals surface area (Å²) in [4.78, 5) is 14.4. The number of hydrogen-bond donors (Lipinski definition) is 1. The van der Waals surface area contributed by atoms with Crippen molar-refractivity contribution in [2.24, 2.45) is 0 Å². The molecule has 0 aliphatic carbocycles. The van der Waals surface area contributed by atoms with Gasteiger partial charge in [-0.1, -0.05) is 18.2 Å². The lowest BCUT2D eigenvalue weighted by atomic mass is 10.0. The molecule has 3 heterocycles. The fourth-order valence-corrected chi connectivity index (χ4v) is 6.17. The van der Waals surface area contributed by atoms with Crippen molar-refractivity contribution in [1.82, 2.24) is 19.5 Å². The van der Waals surface area contributed by atoms with Crippen LogP contribution in [0.2, 0.25) is 0 Å². The third kappa shape index (κ3) is 6.28. The highest BCUT2D eigenvalue weighted by molar-refractivity contribution is 8.00.